The summed E-state index contributed by atoms with van der Waals surface area (Å²) in [7, 11) is 2.18. The number of aryl methyl sites for hydroxylation is 1. The molecule has 0 atom stereocenters. The number of ether oxygens (including phenoxy) is 1. The van der Waals surface area contributed by atoms with Gasteiger partial charge in [0.1, 0.15) is 0 Å². The zero-order valence-electron chi connectivity index (χ0n) is 16.4. The first-order chi connectivity index (χ1) is 12.8. The van der Waals surface area contributed by atoms with Gasteiger partial charge in [-0.25, -0.2) is 4.99 Å². The molecule has 2 N–H and O–H groups in total. The molecule has 0 unspecified atom stereocenters. The molecule has 5 nitrogen and oxygen atoms in total. The number of rotatable bonds is 9. The maximum atomic E-state index is 5.69. The number of nitrogens with one attached hydrogen (secondary N) is 2. The van der Waals surface area contributed by atoms with Crippen LogP contribution in [-0.4, -0.2) is 45.9 Å². The maximum absolute atomic E-state index is 5.69. The maximum Gasteiger partial charge on any atom is 0.191 e. The monoisotopic (exact) mass is 358 g/mol. The van der Waals surface area contributed by atoms with Crippen molar-refractivity contribution in [2.24, 2.45) is 10.9 Å². The molecule has 1 saturated carbocycles. The van der Waals surface area contributed by atoms with Gasteiger partial charge in [-0.2, -0.15) is 0 Å². The van der Waals surface area contributed by atoms with Crippen LogP contribution in [0.1, 0.15) is 43.7 Å². The Labute approximate surface area is 158 Å². The van der Waals surface area contributed by atoms with Gasteiger partial charge in [0.05, 0.1) is 6.54 Å². The summed E-state index contributed by atoms with van der Waals surface area (Å²) in [5.41, 5.74) is 4.11. The van der Waals surface area contributed by atoms with E-state index in [4.69, 9.17) is 9.73 Å². The molecule has 5 heteroatoms. The largest absolute Gasteiger partial charge is 0.381 e. The molecule has 1 heterocycles. The molecule has 0 radical (unpaired) electrons. The molecular weight excluding hydrogens is 324 g/mol. The van der Waals surface area contributed by atoms with Gasteiger partial charge in [-0.05, 0) is 62.1 Å². The molecule has 1 fully saturated rings. The fraction of sp³-hybridized carbons (Fsp3) is 0.667. The number of benzene rings is 1. The first kappa shape index (κ1) is 19.0. The standard InChI is InChI=1S/C21H34N4O/c1-3-22-21(23-11-5-13-26-16-17-7-8-17)24-15-18-9-10-20-19(14-18)6-4-12-25(20)2/h9-10,14,17H,3-8,11-13,15-16H2,1-2H3,(H2,22,23,24). The summed E-state index contributed by atoms with van der Waals surface area (Å²) in [6, 6.07) is 6.78. The Morgan fingerprint density at radius 3 is 3.00 bits per heavy atom. The zero-order valence-corrected chi connectivity index (χ0v) is 16.4. The van der Waals surface area contributed by atoms with Crippen molar-refractivity contribution in [2.45, 2.75) is 45.6 Å². The van der Waals surface area contributed by atoms with Gasteiger partial charge in [0.25, 0.3) is 0 Å². The summed E-state index contributed by atoms with van der Waals surface area (Å²) in [5.74, 6) is 1.74. The van der Waals surface area contributed by atoms with Crippen LogP contribution in [0.25, 0.3) is 0 Å². The van der Waals surface area contributed by atoms with E-state index in [1.54, 1.807) is 0 Å². The molecule has 1 aromatic carbocycles. The highest BCUT2D eigenvalue weighted by molar-refractivity contribution is 5.79. The van der Waals surface area contributed by atoms with Crippen LogP contribution in [0.15, 0.2) is 23.2 Å². The van der Waals surface area contributed by atoms with Crippen LogP contribution in [-0.2, 0) is 17.7 Å². The van der Waals surface area contributed by atoms with E-state index < -0.39 is 0 Å². The Hall–Kier alpha value is -1.75. The van der Waals surface area contributed by atoms with Gasteiger partial charge in [-0.3, -0.25) is 0 Å². The highest BCUT2D eigenvalue weighted by Gasteiger charge is 2.20. The molecule has 1 aliphatic carbocycles. The van der Waals surface area contributed by atoms with Gasteiger partial charge >= 0.3 is 0 Å². The Bertz CT molecular complexity index is 598. The molecule has 0 saturated heterocycles. The predicted molar refractivity (Wildman–Crippen MR) is 109 cm³/mol. The number of aliphatic imine (C=N–C) groups is 1. The molecule has 2 aliphatic rings. The number of hydrogen-bond donors (Lipinski definition) is 2. The lowest BCUT2D eigenvalue weighted by Crippen LogP contribution is -2.38. The molecular formula is C21H34N4O. The second-order valence-electron chi connectivity index (χ2n) is 7.48. The van der Waals surface area contributed by atoms with Crippen molar-refractivity contribution in [2.75, 3.05) is 44.8 Å². The number of nitrogens with zero attached hydrogens (tertiary/aromatic N) is 2. The summed E-state index contributed by atoms with van der Waals surface area (Å²) in [4.78, 5) is 7.10. The number of guanidine groups is 1. The minimum absolute atomic E-state index is 0.713. The van der Waals surface area contributed by atoms with Gasteiger partial charge in [-0.15, -0.1) is 0 Å². The summed E-state index contributed by atoms with van der Waals surface area (Å²) >= 11 is 0. The Morgan fingerprint density at radius 1 is 1.31 bits per heavy atom. The van der Waals surface area contributed by atoms with E-state index in [9.17, 15) is 0 Å². The van der Waals surface area contributed by atoms with E-state index in [1.807, 2.05) is 0 Å². The molecule has 0 amide bonds. The molecule has 1 aromatic rings. The third-order valence-corrected chi connectivity index (χ3v) is 5.07. The summed E-state index contributed by atoms with van der Waals surface area (Å²) in [6.45, 7) is 7.52. The molecule has 3 rings (SSSR count). The normalized spacial score (nSPS) is 17.2. The van der Waals surface area contributed by atoms with Crippen LogP contribution >= 0.6 is 0 Å². The number of anilines is 1. The van der Waals surface area contributed by atoms with E-state index >= 15 is 0 Å². The van der Waals surface area contributed by atoms with E-state index in [-0.39, 0.29) is 0 Å². The Morgan fingerprint density at radius 2 is 2.19 bits per heavy atom. The van der Waals surface area contributed by atoms with Gasteiger partial charge in [0.2, 0.25) is 0 Å². The van der Waals surface area contributed by atoms with Gasteiger partial charge in [0.15, 0.2) is 5.96 Å². The van der Waals surface area contributed by atoms with Crippen molar-refractivity contribution in [3.8, 4) is 0 Å². The Kier molecular flexibility index (Phi) is 7.18. The van der Waals surface area contributed by atoms with E-state index in [2.05, 4.69) is 47.7 Å². The second-order valence-corrected chi connectivity index (χ2v) is 7.48. The average Bonchev–Trinajstić information content (AvgIpc) is 3.47. The fourth-order valence-corrected chi connectivity index (χ4v) is 3.36. The van der Waals surface area contributed by atoms with Crippen molar-refractivity contribution in [1.29, 1.82) is 0 Å². The lowest BCUT2D eigenvalue weighted by molar-refractivity contribution is 0.123. The second kappa shape index (κ2) is 9.81. The third kappa shape index (κ3) is 5.90. The van der Waals surface area contributed by atoms with Crippen LogP contribution in [0.5, 0.6) is 0 Å². The molecule has 0 aromatic heterocycles. The van der Waals surface area contributed by atoms with E-state index in [1.165, 1.54) is 42.5 Å². The highest BCUT2D eigenvalue weighted by atomic mass is 16.5. The minimum Gasteiger partial charge on any atom is -0.381 e. The quantitative estimate of drug-likeness (QED) is 0.405. The first-order valence-corrected chi connectivity index (χ1v) is 10.2. The number of fused-ring (bicyclic) bond motifs is 1. The molecule has 0 bridgehead atoms. The van der Waals surface area contributed by atoms with Crippen molar-refractivity contribution in [1.82, 2.24) is 10.6 Å². The zero-order chi connectivity index (χ0) is 18.2. The van der Waals surface area contributed by atoms with Crippen LogP contribution in [0, 0.1) is 5.92 Å². The molecule has 1 aliphatic heterocycles. The van der Waals surface area contributed by atoms with Crippen molar-refractivity contribution in [3.05, 3.63) is 29.3 Å². The predicted octanol–water partition coefficient (Wildman–Crippen LogP) is 2.94. The smallest absolute Gasteiger partial charge is 0.191 e. The van der Waals surface area contributed by atoms with Crippen molar-refractivity contribution < 1.29 is 4.74 Å². The average molecular weight is 359 g/mol. The van der Waals surface area contributed by atoms with E-state index in [0.717, 1.165) is 51.1 Å². The van der Waals surface area contributed by atoms with Crippen molar-refractivity contribution >= 4 is 11.6 Å². The first-order valence-electron chi connectivity index (χ1n) is 10.2. The lowest BCUT2D eigenvalue weighted by atomic mass is 10.00. The topological polar surface area (TPSA) is 48.9 Å². The summed E-state index contributed by atoms with van der Waals surface area (Å²) in [5, 5.41) is 6.75. The molecule has 0 spiro atoms. The highest BCUT2D eigenvalue weighted by Crippen LogP contribution is 2.28. The number of hydrogen-bond acceptors (Lipinski definition) is 3. The van der Waals surface area contributed by atoms with E-state index in [0.29, 0.717) is 6.54 Å². The van der Waals surface area contributed by atoms with Crippen LogP contribution in [0.3, 0.4) is 0 Å². The lowest BCUT2D eigenvalue weighted by Gasteiger charge is -2.27. The Balaban J connectivity index is 1.45. The minimum atomic E-state index is 0.713. The summed E-state index contributed by atoms with van der Waals surface area (Å²) in [6.07, 6.45) is 6.14. The molecule has 26 heavy (non-hydrogen) atoms. The summed E-state index contributed by atoms with van der Waals surface area (Å²) < 4.78 is 5.69. The van der Waals surface area contributed by atoms with Gasteiger partial charge < -0.3 is 20.3 Å². The van der Waals surface area contributed by atoms with Crippen LogP contribution in [0.4, 0.5) is 5.69 Å². The van der Waals surface area contributed by atoms with Crippen molar-refractivity contribution in [3.63, 3.8) is 0 Å². The fourth-order valence-electron chi connectivity index (χ4n) is 3.36. The van der Waals surface area contributed by atoms with Gasteiger partial charge in [0, 0.05) is 45.6 Å². The SMILES string of the molecule is CCNC(=NCc1ccc2c(c1)CCCN2C)NCCCOCC1CC1. The molecule has 144 valence electrons. The van der Waals surface area contributed by atoms with Crippen LogP contribution in [0.2, 0.25) is 0 Å². The van der Waals surface area contributed by atoms with Crippen LogP contribution < -0.4 is 15.5 Å². The third-order valence-electron chi connectivity index (χ3n) is 5.07. The van der Waals surface area contributed by atoms with Gasteiger partial charge in [-0.1, -0.05) is 12.1 Å².